The summed E-state index contributed by atoms with van der Waals surface area (Å²) >= 11 is 0. The van der Waals surface area contributed by atoms with Gasteiger partial charge < -0.3 is 10.6 Å². The third-order valence-electron chi connectivity index (χ3n) is 3.30. The molecule has 0 saturated heterocycles. The first kappa shape index (κ1) is 14.8. The molecule has 2 aromatic carbocycles. The molecule has 106 valence electrons. The Morgan fingerprint density at radius 1 is 0.850 bits per heavy atom. The van der Waals surface area contributed by atoms with Gasteiger partial charge in [-0.2, -0.15) is 0 Å². The van der Waals surface area contributed by atoms with Crippen molar-refractivity contribution in [3.05, 3.63) is 59.7 Å². The lowest BCUT2D eigenvalue weighted by Gasteiger charge is -2.10. The topological polar surface area (TPSA) is 29.3 Å². The predicted octanol–water partition coefficient (Wildman–Crippen LogP) is 3.30. The van der Waals surface area contributed by atoms with Crippen LogP contribution in [-0.4, -0.2) is 25.0 Å². The second kappa shape index (κ2) is 6.69. The minimum absolute atomic E-state index is 0.214. The number of nitrogens with zero attached hydrogens (tertiary/aromatic N) is 1. The maximum absolute atomic E-state index is 5.83. The van der Waals surface area contributed by atoms with Gasteiger partial charge in [0.1, 0.15) is 0 Å². The van der Waals surface area contributed by atoms with Crippen molar-refractivity contribution in [3.63, 3.8) is 0 Å². The molecule has 1 unspecified atom stereocenters. The van der Waals surface area contributed by atoms with E-state index in [2.05, 4.69) is 67.5 Å². The van der Waals surface area contributed by atoms with Gasteiger partial charge in [-0.1, -0.05) is 48.5 Å². The van der Waals surface area contributed by atoms with E-state index in [1.54, 1.807) is 0 Å². The third-order valence-corrected chi connectivity index (χ3v) is 3.30. The van der Waals surface area contributed by atoms with Gasteiger partial charge in [-0.25, -0.2) is 0 Å². The zero-order chi connectivity index (χ0) is 14.5. The van der Waals surface area contributed by atoms with E-state index < -0.39 is 0 Å². The highest BCUT2D eigenvalue weighted by atomic mass is 15.0. The summed E-state index contributed by atoms with van der Waals surface area (Å²) in [5.74, 6) is 0. The lowest BCUT2D eigenvalue weighted by Crippen LogP contribution is -2.17. The van der Waals surface area contributed by atoms with Gasteiger partial charge in [-0.15, -0.1) is 0 Å². The molecule has 2 heteroatoms. The van der Waals surface area contributed by atoms with Crippen molar-refractivity contribution in [1.82, 2.24) is 4.90 Å². The molecular formula is C18H24N2. The van der Waals surface area contributed by atoms with E-state index >= 15 is 0 Å². The van der Waals surface area contributed by atoms with Crippen molar-refractivity contribution < 1.29 is 0 Å². The molecule has 0 aromatic heterocycles. The number of benzene rings is 2. The maximum Gasteiger partial charge on any atom is 0.0227 e. The van der Waals surface area contributed by atoms with Crippen LogP contribution < -0.4 is 5.73 Å². The van der Waals surface area contributed by atoms with Crippen LogP contribution in [0.2, 0.25) is 0 Å². The van der Waals surface area contributed by atoms with Crippen LogP contribution in [0.4, 0.5) is 0 Å². The summed E-state index contributed by atoms with van der Waals surface area (Å²) in [6.07, 6.45) is 0.933. The Morgan fingerprint density at radius 3 is 1.70 bits per heavy atom. The number of rotatable bonds is 5. The van der Waals surface area contributed by atoms with Gasteiger partial charge >= 0.3 is 0 Å². The zero-order valence-corrected chi connectivity index (χ0v) is 12.6. The van der Waals surface area contributed by atoms with Gasteiger partial charge in [0.15, 0.2) is 0 Å². The molecule has 0 aliphatic heterocycles. The molecule has 2 nitrogen and oxygen atoms in total. The fourth-order valence-electron chi connectivity index (χ4n) is 2.37. The Hall–Kier alpha value is -1.64. The highest BCUT2D eigenvalue weighted by Crippen LogP contribution is 2.21. The van der Waals surface area contributed by atoms with Crippen molar-refractivity contribution in [1.29, 1.82) is 0 Å². The Kier molecular flexibility index (Phi) is 4.94. The minimum Gasteiger partial charge on any atom is -0.328 e. The highest BCUT2D eigenvalue weighted by molar-refractivity contribution is 5.63. The highest BCUT2D eigenvalue weighted by Gasteiger charge is 2.01. The third kappa shape index (κ3) is 4.19. The van der Waals surface area contributed by atoms with Crippen LogP contribution in [0.3, 0.4) is 0 Å². The molecule has 20 heavy (non-hydrogen) atoms. The summed E-state index contributed by atoms with van der Waals surface area (Å²) in [5.41, 5.74) is 11.0. The van der Waals surface area contributed by atoms with Gasteiger partial charge in [-0.3, -0.25) is 0 Å². The molecule has 0 fully saturated rings. The quantitative estimate of drug-likeness (QED) is 0.901. The molecule has 0 radical (unpaired) electrons. The molecule has 2 aromatic rings. The second-order valence-corrected chi connectivity index (χ2v) is 5.81. The molecule has 0 aliphatic rings. The van der Waals surface area contributed by atoms with Crippen LogP contribution >= 0.6 is 0 Å². The van der Waals surface area contributed by atoms with Crippen LogP contribution in [0.25, 0.3) is 11.1 Å². The molecule has 0 saturated carbocycles. The van der Waals surface area contributed by atoms with Crippen molar-refractivity contribution in [3.8, 4) is 11.1 Å². The summed E-state index contributed by atoms with van der Waals surface area (Å²) in [6.45, 7) is 3.02. The molecule has 0 amide bonds. The largest absolute Gasteiger partial charge is 0.328 e. The average Bonchev–Trinajstić information content (AvgIpc) is 2.39. The molecule has 0 heterocycles. The Morgan fingerprint density at radius 2 is 1.30 bits per heavy atom. The molecular weight excluding hydrogens is 244 g/mol. The van der Waals surface area contributed by atoms with Crippen molar-refractivity contribution in [2.45, 2.75) is 25.9 Å². The number of hydrogen-bond acceptors (Lipinski definition) is 2. The van der Waals surface area contributed by atoms with Crippen LogP contribution in [0.15, 0.2) is 48.5 Å². The fraction of sp³-hybridized carbons (Fsp3) is 0.333. The van der Waals surface area contributed by atoms with E-state index in [0.717, 1.165) is 13.0 Å². The second-order valence-electron chi connectivity index (χ2n) is 5.81. The first-order valence-electron chi connectivity index (χ1n) is 7.13. The van der Waals surface area contributed by atoms with E-state index in [4.69, 9.17) is 5.73 Å². The van der Waals surface area contributed by atoms with E-state index in [1.165, 1.54) is 22.3 Å². The molecule has 1 atom stereocenters. The van der Waals surface area contributed by atoms with Gasteiger partial charge in [-0.05, 0) is 49.7 Å². The van der Waals surface area contributed by atoms with E-state index in [1.807, 2.05) is 6.92 Å². The summed E-state index contributed by atoms with van der Waals surface area (Å²) in [6, 6.07) is 17.7. The summed E-state index contributed by atoms with van der Waals surface area (Å²) < 4.78 is 0. The Bertz CT molecular complexity index is 473. The Labute approximate surface area is 122 Å². The standard InChI is InChI=1S/C18H24N2/c1-14(19)12-15-4-8-17(9-5-15)18-10-6-16(7-11-18)13-20(2)3/h4-11,14H,12-13,19H2,1-3H3. The number of hydrogen-bond donors (Lipinski definition) is 1. The van der Waals surface area contributed by atoms with Gasteiger partial charge in [0.05, 0.1) is 0 Å². The first-order valence-corrected chi connectivity index (χ1v) is 7.13. The van der Waals surface area contributed by atoms with E-state index in [-0.39, 0.29) is 6.04 Å². The lowest BCUT2D eigenvalue weighted by atomic mass is 10.0. The fourth-order valence-corrected chi connectivity index (χ4v) is 2.37. The maximum atomic E-state index is 5.83. The molecule has 2 rings (SSSR count). The van der Waals surface area contributed by atoms with E-state index in [0.29, 0.717) is 0 Å². The first-order chi connectivity index (χ1) is 9.54. The van der Waals surface area contributed by atoms with E-state index in [9.17, 15) is 0 Å². The van der Waals surface area contributed by atoms with Gasteiger partial charge in [0, 0.05) is 12.6 Å². The minimum atomic E-state index is 0.214. The van der Waals surface area contributed by atoms with Gasteiger partial charge in [0.25, 0.3) is 0 Å². The Balaban J connectivity index is 2.11. The molecule has 0 bridgehead atoms. The van der Waals surface area contributed by atoms with Crippen molar-refractivity contribution in [2.24, 2.45) is 5.73 Å². The normalized spacial score (nSPS) is 12.7. The average molecular weight is 268 g/mol. The molecule has 0 spiro atoms. The SMILES string of the molecule is CC(N)Cc1ccc(-c2ccc(CN(C)C)cc2)cc1. The lowest BCUT2D eigenvalue weighted by molar-refractivity contribution is 0.402. The number of nitrogens with two attached hydrogens (primary N) is 1. The van der Waals surface area contributed by atoms with Crippen LogP contribution in [-0.2, 0) is 13.0 Å². The zero-order valence-electron chi connectivity index (χ0n) is 12.6. The summed E-state index contributed by atoms with van der Waals surface area (Å²) in [5, 5.41) is 0. The predicted molar refractivity (Wildman–Crippen MR) is 86.6 cm³/mol. The summed E-state index contributed by atoms with van der Waals surface area (Å²) in [4.78, 5) is 2.18. The molecule has 2 N–H and O–H groups in total. The summed E-state index contributed by atoms with van der Waals surface area (Å²) in [7, 11) is 4.18. The van der Waals surface area contributed by atoms with Crippen LogP contribution in [0.1, 0.15) is 18.1 Å². The monoisotopic (exact) mass is 268 g/mol. The smallest absolute Gasteiger partial charge is 0.0227 e. The molecule has 0 aliphatic carbocycles. The van der Waals surface area contributed by atoms with Gasteiger partial charge in [0.2, 0.25) is 0 Å². The van der Waals surface area contributed by atoms with Crippen molar-refractivity contribution in [2.75, 3.05) is 14.1 Å². The van der Waals surface area contributed by atoms with Crippen molar-refractivity contribution >= 4 is 0 Å². The van der Waals surface area contributed by atoms with Crippen LogP contribution in [0.5, 0.6) is 0 Å². The van der Waals surface area contributed by atoms with Crippen LogP contribution in [0, 0.1) is 0 Å².